The second kappa shape index (κ2) is 6.14. The molecule has 0 saturated carbocycles. The lowest BCUT2D eigenvalue weighted by Crippen LogP contribution is -2.22. The number of aryl methyl sites for hydroxylation is 1. The molecule has 2 atom stereocenters. The highest BCUT2D eigenvalue weighted by Crippen LogP contribution is 2.40. The van der Waals surface area contributed by atoms with Crippen LogP contribution in [-0.2, 0) is 0 Å². The number of halogens is 1. The molecule has 0 aliphatic carbocycles. The van der Waals surface area contributed by atoms with Crippen LogP contribution in [0.5, 0.6) is 0 Å². The second-order valence-corrected chi connectivity index (χ2v) is 7.02. The monoisotopic (exact) mass is 343 g/mol. The minimum atomic E-state index is 0.0397. The maximum Gasteiger partial charge on any atom is 0.170 e. The first kappa shape index (κ1) is 14.0. The van der Waals surface area contributed by atoms with Gasteiger partial charge in [0, 0.05) is 10.5 Å². The molecule has 2 aromatic rings. The smallest absolute Gasteiger partial charge is 0.170 e. The van der Waals surface area contributed by atoms with Crippen LogP contribution in [0.1, 0.15) is 23.6 Å². The Balaban J connectivity index is 2.27. The van der Waals surface area contributed by atoms with Gasteiger partial charge in [-0.15, -0.1) is 0 Å². The number of rotatable bonds is 4. The SMILES string of the molecule is Cc1nsc(SC(c2ccccc2Br)C(C)N)n1. The molecule has 0 spiro atoms. The Kier molecular flexibility index (Phi) is 4.77. The Bertz CT molecular complexity index is 528. The van der Waals surface area contributed by atoms with Crippen molar-refractivity contribution in [1.29, 1.82) is 0 Å². The van der Waals surface area contributed by atoms with Crippen molar-refractivity contribution in [2.45, 2.75) is 29.5 Å². The van der Waals surface area contributed by atoms with Gasteiger partial charge >= 0.3 is 0 Å². The van der Waals surface area contributed by atoms with Crippen molar-refractivity contribution in [1.82, 2.24) is 9.36 Å². The van der Waals surface area contributed by atoms with Gasteiger partial charge in [0.2, 0.25) is 0 Å². The highest BCUT2D eigenvalue weighted by atomic mass is 79.9. The quantitative estimate of drug-likeness (QED) is 0.858. The van der Waals surface area contributed by atoms with Gasteiger partial charge in [0.05, 0.1) is 5.25 Å². The van der Waals surface area contributed by atoms with Gasteiger partial charge in [0.1, 0.15) is 5.82 Å². The van der Waals surface area contributed by atoms with Gasteiger partial charge in [0.25, 0.3) is 0 Å². The molecule has 18 heavy (non-hydrogen) atoms. The van der Waals surface area contributed by atoms with E-state index < -0.39 is 0 Å². The Morgan fingerprint density at radius 1 is 1.39 bits per heavy atom. The Morgan fingerprint density at radius 3 is 2.67 bits per heavy atom. The van der Waals surface area contributed by atoms with E-state index in [1.807, 2.05) is 32.0 Å². The van der Waals surface area contributed by atoms with Gasteiger partial charge in [-0.05, 0) is 37.0 Å². The molecule has 96 valence electrons. The minimum absolute atomic E-state index is 0.0397. The van der Waals surface area contributed by atoms with E-state index in [2.05, 4.69) is 31.4 Å². The molecule has 2 N–H and O–H groups in total. The number of nitrogens with two attached hydrogens (primary N) is 1. The number of aromatic nitrogens is 2. The van der Waals surface area contributed by atoms with Crippen LogP contribution in [-0.4, -0.2) is 15.4 Å². The molecule has 6 heteroatoms. The Labute approximate surface area is 123 Å². The van der Waals surface area contributed by atoms with E-state index in [0.29, 0.717) is 0 Å². The topological polar surface area (TPSA) is 51.8 Å². The van der Waals surface area contributed by atoms with E-state index >= 15 is 0 Å². The molecule has 0 bridgehead atoms. The molecular weight excluding hydrogens is 330 g/mol. The van der Waals surface area contributed by atoms with Crippen molar-refractivity contribution >= 4 is 39.2 Å². The summed E-state index contributed by atoms with van der Waals surface area (Å²) in [5.74, 6) is 0.818. The molecule has 0 aliphatic rings. The molecule has 2 unspecified atom stereocenters. The standard InChI is InChI=1S/C12H14BrN3S2/c1-7(14)11(9-5-3-4-6-10(9)13)17-12-15-8(2)16-18-12/h3-7,11H,14H2,1-2H3. The van der Waals surface area contributed by atoms with Gasteiger partial charge in [-0.2, -0.15) is 4.37 Å². The molecular formula is C12H14BrN3S2. The zero-order valence-electron chi connectivity index (χ0n) is 10.1. The number of nitrogens with zero attached hydrogens (tertiary/aromatic N) is 2. The molecule has 0 saturated heterocycles. The van der Waals surface area contributed by atoms with Crippen LogP contribution in [0.25, 0.3) is 0 Å². The van der Waals surface area contributed by atoms with Crippen molar-refractivity contribution in [2.75, 3.05) is 0 Å². The average Bonchev–Trinajstić information content (AvgIpc) is 2.73. The van der Waals surface area contributed by atoms with Crippen LogP contribution in [0.15, 0.2) is 33.1 Å². The Hall–Kier alpha value is -0.430. The lowest BCUT2D eigenvalue weighted by Gasteiger charge is -2.20. The summed E-state index contributed by atoms with van der Waals surface area (Å²) < 4.78 is 6.25. The molecule has 0 radical (unpaired) electrons. The maximum absolute atomic E-state index is 6.11. The number of thioether (sulfide) groups is 1. The van der Waals surface area contributed by atoms with Crippen molar-refractivity contribution in [3.05, 3.63) is 40.1 Å². The van der Waals surface area contributed by atoms with Crippen LogP contribution in [0.2, 0.25) is 0 Å². The first-order chi connectivity index (χ1) is 8.58. The predicted molar refractivity (Wildman–Crippen MR) is 81.0 cm³/mol. The highest BCUT2D eigenvalue weighted by Gasteiger charge is 2.21. The Morgan fingerprint density at radius 2 is 2.11 bits per heavy atom. The van der Waals surface area contributed by atoms with Crippen LogP contribution in [0.4, 0.5) is 0 Å². The zero-order chi connectivity index (χ0) is 13.1. The molecule has 1 heterocycles. The number of hydrogen-bond donors (Lipinski definition) is 1. The summed E-state index contributed by atoms with van der Waals surface area (Å²) in [4.78, 5) is 4.39. The summed E-state index contributed by atoms with van der Waals surface area (Å²) in [5, 5.41) is 0.174. The van der Waals surface area contributed by atoms with Crippen LogP contribution in [0, 0.1) is 6.92 Å². The third-order valence-electron chi connectivity index (χ3n) is 2.43. The third kappa shape index (κ3) is 3.32. The van der Waals surface area contributed by atoms with Crippen LogP contribution >= 0.6 is 39.2 Å². The lowest BCUT2D eigenvalue weighted by molar-refractivity contribution is 0.719. The highest BCUT2D eigenvalue weighted by molar-refractivity contribution is 9.10. The first-order valence-corrected chi connectivity index (χ1v) is 7.99. The number of benzene rings is 1. The third-order valence-corrected chi connectivity index (χ3v) is 5.49. The van der Waals surface area contributed by atoms with Gasteiger partial charge in [0.15, 0.2) is 4.34 Å². The molecule has 2 rings (SSSR count). The molecule has 0 amide bonds. The molecule has 0 fully saturated rings. The average molecular weight is 344 g/mol. The summed E-state index contributed by atoms with van der Waals surface area (Å²) in [6.45, 7) is 3.92. The first-order valence-electron chi connectivity index (χ1n) is 5.55. The summed E-state index contributed by atoms with van der Waals surface area (Å²) in [6, 6.07) is 8.21. The fourth-order valence-electron chi connectivity index (χ4n) is 1.59. The van der Waals surface area contributed by atoms with E-state index in [0.717, 1.165) is 14.6 Å². The number of hydrogen-bond acceptors (Lipinski definition) is 5. The largest absolute Gasteiger partial charge is 0.327 e. The van der Waals surface area contributed by atoms with Gasteiger partial charge in [-0.25, -0.2) is 4.98 Å². The van der Waals surface area contributed by atoms with E-state index in [1.54, 1.807) is 11.8 Å². The normalized spacial score (nSPS) is 14.4. The molecule has 0 aliphatic heterocycles. The second-order valence-electron chi connectivity index (χ2n) is 4.03. The van der Waals surface area contributed by atoms with Crippen LogP contribution in [0.3, 0.4) is 0 Å². The zero-order valence-corrected chi connectivity index (χ0v) is 13.3. The van der Waals surface area contributed by atoms with Crippen molar-refractivity contribution in [3.63, 3.8) is 0 Å². The van der Waals surface area contributed by atoms with Crippen molar-refractivity contribution in [2.24, 2.45) is 5.73 Å². The van der Waals surface area contributed by atoms with E-state index in [1.165, 1.54) is 17.1 Å². The molecule has 1 aromatic carbocycles. The fraction of sp³-hybridized carbons (Fsp3) is 0.333. The van der Waals surface area contributed by atoms with E-state index in [-0.39, 0.29) is 11.3 Å². The summed E-state index contributed by atoms with van der Waals surface area (Å²) in [5.41, 5.74) is 7.31. The lowest BCUT2D eigenvalue weighted by atomic mass is 10.1. The molecule has 3 nitrogen and oxygen atoms in total. The van der Waals surface area contributed by atoms with Gasteiger partial charge in [-0.3, -0.25) is 0 Å². The minimum Gasteiger partial charge on any atom is -0.327 e. The summed E-state index contributed by atoms with van der Waals surface area (Å²) in [6.07, 6.45) is 0. The van der Waals surface area contributed by atoms with E-state index in [9.17, 15) is 0 Å². The maximum atomic E-state index is 6.11. The van der Waals surface area contributed by atoms with Crippen LogP contribution < -0.4 is 5.73 Å². The van der Waals surface area contributed by atoms with Crippen molar-refractivity contribution < 1.29 is 0 Å². The van der Waals surface area contributed by atoms with Gasteiger partial charge < -0.3 is 5.73 Å². The van der Waals surface area contributed by atoms with Gasteiger partial charge in [-0.1, -0.05) is 45.9 Å². The molecule has 1 aromatic heterocycles. The predicted octanol–water partition coefficient (Wildman–Crippen LogP) is 3.79. The fourth-order valence-corrected chi connectivity index (χ4v) is 4.25. The summed E-state index contributed by atoms with van der Waals surface area (Å²) >= 11 is 6.68. The van der Waals surface area contributed by atoms with E-state index in [4.69, 9.17) is 5.73 Å². The van der Waals surface area contributed by atoms with Crippen molar-refractivity contribution in [3.8, 4) is 0 Å². The summed E-state index contributed by atoms with van der Waals surface area (Å²) in [7, 11) is 0.